The van der Waals surface area contributed by atoms with Crippen molar-refractivity contribution in [2.24, 2.45) is 0 Å². The van der Waals surface area contributed by atoms with Gasteiger partial charge >= 0.3 is 0 Å². The van der Waals surface area contributed by atoms with Gasteiger partial charge in [0.1, 0.15) is 0 Å². The summed E-state index contributed by atoms with van der Waals surface area (Å²) in [5.41, 5.74) is 0.825. The van der Waals surface area contributed by atoms with Gasteiger partial charge in [0.25, 0.3) is 0 Å². The number of halogens is 1. The summed E-state index contributed by atoms with van der Waals surface area (Å²) in [4.78, 5) is 8.60. The molecule has 0 spiro atoms. The SMILES string of the molecule is Cc1ccnc(NCC(C)(C)S(=O)(=O)c2ccc(Br)cc2)n1. The first-order chi connectivity index (χ1) is 10.2. The van der Waals surface area contributed by atoms with E-state index in [-0.39, 0.29) is 6.54 Å². The van der Waals surface area contributed by atoms with E-state index in [0.29, 0.717) is 10.8 Å². The second-order valence-corrected chi connectivity index (χ2v) is 9.09. The number of nitrogens with one attached hydrogen (secondary N) is 1. The van der Waals surface area contributed by atoms with Crippen LogP contribution in [0.5, 0.6) is 0 Å². The van der Waals surface area contributed by atoms with Crippen LogP contribution in [0.4, 0.5) is 5.95 Å². The molecule has 0 bridgehead atoms. The van der Waals surface area contributed by atoms with Crippen LogP contribution in [0.3, 0.4) is 0 Å². The molecule has 2 aromatic rings. The van der Waals surface area contributed by atoms with Gasteiger partial charge in [0, 0.05) is 22.9 Å². The van der Waals surface area contributed by atoms with Crippen LogP contribution in [-0.2, 0) is 9.84 Å². The van der Waals surface area contributed by atoms with Crippen molar-refractivity contribution in [3.63, 3.8) is 0 Å². The van der Waals surface area contributed by atoms with E-state index in [0.717, 1.165) is 10.2 Å². The highest BCUT2D eigenvalue weighted by Crippen LogP contribution is 2.26. The van der Waals surface area contributed by atoms with Gasteiger partial charge in [-0.1, -0.05) is 15.9 Å². The molecule has 2 rings (SSSR count). The van der Waals surface area contributed by atoms with E-state index in [4.69, 9.17) is 0 Å². The van der Waals surface area contributed by atoms with Gasteiger partial charge in [-0.15, -0.1) is 0 Å². The second kappa shape index (κ2) is 6.34. The average Bonchev–Trinajstić information content (AvgIpc) is 2.46. The molecule has 0 aliphatic rings. The minimum absolute atomic E-state index is 0.217. The second-order valence-electron chi connectivity index (χ2n) is 5.59. The lowest BCUT2D eigenvalue weighted by Gasteiger charge is -2.25. The Morgan fingerprint density at radius 1 is 1.18 bits per heavy atom. The van der Waals surface area contributed by atoms with Crippen LogP contribution >= 0.6 is 15.9 Å². The largest absolute Gasteiger partial charge is 0.353 e. The summed E-state index contributed by atoms with van der Waals surface area (Å²) in [6.45, 7) is 5.45. The van der Waals surface area contributed by atoms with Crippen molar-refractivity contribution in [3.8, 4) is 0 Å². The molecule has 7 heteroatoms. The number of rotatable bonds is 5. The maximum atomic E-state index is 12.8. The molecular weight excluding hydrogens is 366 g/mol. The Hall–Kier alpha value is -1.47. The lowest BCUT2D eigenvalue weighted by Crippen LogP contribution is -2.39. The summed E-state index contributed by atoms with van der Waals surface area (Å²) in [5.74, 6) is 0.430. The molecule has 22 heavy (non-hydrogen) atoms. The Morgan fingerprint density at radius 3 is 2.41 bits per heavy atom. The number of aryl methyl sites for hydroxylation is 1. The van der Waals surface area contributed by atoms with E-state index in [2.05, 4.69) is 31.2 Å². The van der Waals surface area contributed by atoms with E-state index in [1.807, 2.05) is 6.92 Å². The normalized spacial score (nSPS) is 12.2. The van der Waals surface area contributed by atoms with Crippen molar-refractivity contribution in [1.29, 1.82) is 0 Å². The van der Waals surface area contributed by atoms with Gasteiger partial charge in [0.2, 0.25) is 5.95 Å². The number of nitrogens with zero attached hydrogens (tertiary/aromatic N) is 2. The predicted molar refractivity (Wildman–Crippen MR) is 90.7 cm³/mol. The third kappa shape index (κ3) is 3.64. The maximum absolute atomic E-state index is 12.8. The topological polar surface area (TPSA) is 72.0 Å². The monoisotopic (exact) mass is 383 g/mol. The molecule has 1 aromatic heterocycles. The van der Waals surface area contributed by atoms with Crippen LogP contribution in [-0.4, -0.2) is 29.7 Å². The van der Waals surface area contributed by atoms with Crippen LogP contribution in [0.2, 0.25) is 0 Å². The number of anilines is 1. The van der Waals surface area contributed by atoms with Crippen molar-refractivity contribution in [1.82, 2.24) is 9.97 Å². The number of aromatic nitrogens is 2. The van der Waals surface area contributed by atoms with E-state index in [1.165, 1.54) is 0 Å². The van der Waals surface area contributed by atoms with Gasteiger partial charge in [0.15, 0.2) is 9.84 Å². The quantitative estimate of drug-likeness (QED) is 0.857. The van der Waals surface area contributed by atoms with Gasteiger partial charge in [-0.3, -0.25) is 0 Å². The standard InChI is InChI=1S/C15H18BrN3O2S/c1-11-8-9-17-14(19-11)18-10-15(2,3)22(20,21)13-6-4-12(16)5-7-13/h4-9H,10H2,1-3H3,(H,17,18,19). The van der Waals surface area contributed by atoms with E-state index >= 15 is 0 Å². The number of hydrogen-bond donors (Lipinski definition) is 1. The van der Waals surface area contributed by atoms with Gasteiger partial charge in [-0.05, 0) is 51.1 Å². The molecule has 5 nitrogen and oxygen atoms in total. The van der Waals surface area contributed by atoms with Crippen LogP contribution < -0.4 is 5.32 Å². The third-order valence-corrected chi connectivity index (χ3v) is 6.34. The molecule has 0 saturated heterocycles. The summed E-state index contributed by atoms with van der Waals surface area (Å²) in [7, 11) is -3.47. The van der Waals surface area contributed by atoms with Crippen molar-refractivity contribution < 1.29 is 8.42 Å². The highest BCUT2D eigenvalue weighted by molar-refractivity contribution is 9.10. The van der Waals surface area contributed by atoms with Gasteiger partial charge in [-0.25, -0.2) is 18.4 Å². The number of sulfone groups is 1. The zero-order valence-corrected chi connectivity index (χ0v) is 15.1. The smallest absolute Gasteiger partial charge is 0.222 e. The van der Waals surface area contributed by atoms with Crippen LogP contribution in [0.15, 0.2) is 45.9 Å². The maximum Gasteiger partial charge on any atom is 0.222 e. The molecule has 0 aliphatic heterocycles. The van der Waals surface area contributed by atoms with Crippen molar-refractivity contribution >= 4 is 31.7 Å². The zero-order chi connectivity index (χ0) is 16.4. The van der Waals surface area contributed by atoms with Gasteiger partial charge in [0.05, 0.1) is 9.64 Å². The zero-order valence-electron chi connectivity index (χ0n) is 12.7. The van der Waals surface area contributed by atoms with Crippen molar-refractivity contribution in [2.45, 2.75) is 30.4 Å². The Labute approximate surface area is 139 Å². The predicted octanol–water partition coefficient (Wildman–Crippen LogP) is 3.21. The summed E-state index contributed by atoms with van der Waals surface area (Å²) in [6, 6.07) is 8.43. The number of hydrogen-bond acceptors (Lipinski definition) is 5. The molecule has 1 aromatic carbocycles. The van der Waals surface area contributed by atoms with Crippen LogP contribution in [0.25, 0.3) is 0 Å². The first-order valence-corrected chi connectivity index (χ1v) is 9.04. The Morgan fingerprint density at radius 2 is 1.82 bits per heavy atom. The molecule has 118 valence electrons. The van der Waals surface area contributed by atoms with Crippen LogP contribution in [0, 0.1) is 6.92 Å². The summed E-state index contributed by atoms with van der Waals surface area (Å²) < 4.78 is 25.4. The van der Waals surface area contributed by atoms with E-state index in [1.54, 1.807) is 50.4 Å². The Bertz CT molecular complexity index is 759. The molecule has 0 atom stereocenters. The highest BCUT2D eigenvalue weighted by atomic mass is 79.9. The Balaban J connectivity index is 2.19. The molecule has 0 unspecified atom stereocenters. The first kappa shape index (κ1) is 16.9. The molecule has 0 fully saturated rings. The molecule has 0 amide bonds. The molecule has 1 heterocycles. The fraction of sp³-hybridized carbons (Fsp3) is 0.333. The molecule has 1 N–H and O–H groups in total. The number of benzene rings is 1. The molecular formula is C15H18BrN3O2S. The van der Waals surface area contributed by atoms with E-state index in [9.17, 15) is 8.42 Å². The van der Waals surface area contributed by atoms with Gasteiger partial charge < -0.3 is 5.32 Å². The summed E-state index contributed by atoms with van der Waals surface area (Å²) in [6.07, 6.45) is 1.64. The lowest BCUT2D eigenvalue weighted by molar-refractivity contribution is 0.553. The molecule has 0 aliphatic carbocycles. The molecule has 0 saturated carbocycles. The lowest BCUT2D eigenvalue weighted by atomic mass is 10.2. The summed E-state index contributed by atoms with van der Waals surface area (Å²) in [5, 5.41) is 3.00. The van der Waals surface area contributed by atoms with E-state index < -0.39 is 14.6 Å². The highest BCUT2D eigenvalue weighted by Gasteiger charge is 2.35. The Kier molecular flexibility index (Phi) is 4.87. The fourth-order valence-electron chi connectivity index (χ4n) is 1.85. The minimum atomic E-state index is -3.47. The van der Waals surface area contributed by atoms with Crippen molar-refractivity contribution in [2.75, 3.05) is 11.9 Å². The minimum Gasteiger partial charge on any atom is -0.353 e. The molecule has 0 radical (unpaired) electrons. The first-order valence-electron chi connectivity index (χ1n) is 6.76. The van der Waals surface area contributed by atoms with Gasteiger partial charge in [-0.2, -0.15) is 0 Å². The third-order valence-electron chi connectivity index (χ3n) is 3.32. The van der Waals surface area contributed by atoms with Crippen LogP contribution in [0.1, 0.15) is 19.5 Å². The fourth-order valence-corrected chi connectivity index (χ4v) is 3.51. The average molecular weight is 384 g/mol. The van der Waals surface area contributed by atoms with Crippen molar-refractivity contribution in [3.05, 3.63) is 46.7 Å². The summed E-state index contributed by atoms with van der Waals surface area (Å²) >= 11 is 3.31.